The number of H-pyrrole nitrogens is 1. The molecular weight excluding hydrogens is 328 g/mol. The quantitative estimate of drug-likeness (QED) is 0.611. The van der Waals surface area contributed by atoms with Gasteiger partial charge < -0.3 is 16.0 Å². The van der Waals surface area contributed by atoms with Gasteiger partial charge in [0.25, 0.3) is 0 Å². The standard InChI is InChI=1S/C13H10BrClN4/c14-9-3-1-7(15)5-11(9)18-13-17-10-4-2-8(16)6-12(10)19-13/h1-6H,16H2,(H2,17,18,19). The van der Waals surface area contributed by atoms with E-state index in [1.807, 2.05) is 36.4 Å². The molecule has 0 radical (unpaired) electrons. The second-order valence-electron chi connectivity index (χ2n) is 4.11. The van der Waals surface area contributed by atoms with Gasteiger partial charge in [0.2, 0.25) is 5.95 Å². The number of imidazole rings is 1. The lowest BCUT2D eigenvalue weighted by Gasteiger charge is -2.05. The van der Waals surface area contributed by atoms with Gasteiger partial charge in [-0.25, -0.2) is 4.98 Å². The molecule has 19 heavy (non-hydrogen) atoms. The van der Waals surface area contributed by atoms with E-state index in [0.29, 0.717) is 16.7 Å². The molecule has 0 spiro atoms. The van der Waals surface area contributed by atoms with Gasteiger partial charge in [-0.05, 0) is 52.3 Å². The highest BCUT2D eigenvalue weighted by Gasteiger charge is 2.06. The fraction of sp³-hybridized carbons (Fsp3) is 0. The van der Waals surface area contributed by atoms with Crippen molar-refractivity contribution in [2.75, 3.05) is 11.1 Å². The Morgan fingerprint density at radius 3 is 2.89 bits per heavy atom. The summed E-state index contributed by atoms with van der Waals surface area (Å²) in [5.41, 5.74) is 9.03. The van der Waals surface area contributed by atoms with Crippen LogP contribution in [0, 0.1) is 0 Å². The van der Waals surface area contributed by atoms with Crippen molar-refractivity contribution in [3.8, 4) is 0 Å². The molecule has 0 atom stereocenters. The molecule has 0 unspecified atom stereocenters. The molecule has 0 fully saturated rings. The molecule has 0 saturated carbocycles. The van der Waals surface area contributed by atoms with Crippen LogP contribution in [0.4, 0.5) is 17.3 Å². The maximum atomic E-state index is 5.97. The van der Waals surface area contributed by atoms with Crippen LogP contribution < -0.4 is 11.1 Å². The van der Waals surface area contributed by atoms with Crippen LogP contribution in [0.25, 0.3) is 11.0 Å². The number of halogens is 2. The van der Waals surface area contributed by atoms with Gasteiger partial charge in [0, 0.05) is 15.2 Å². The number of rotatable bonds is 2. The summed E-state index contributed by atoms with van der Waals surface area (Å²) in [6, 6.07) is 11.1. The van der Waals surface area contributed by atoms with Crippen molar-refractivity contribution in [3.63, 3.8) is 0 Å². The van der Waals surface area contributed by atoms with Crippen molar-refractivity contribution in [1.29, 1.82) is 0 Å². The molecule has 6 heteroatoms. The number of hydrogen-bond acceptors (Lipinski definition) is 3. The highest BCUT2D eigenvalue weighted by Crippen LogP contribution is 2.28. The largest absolute Gasteiger partial charge is 0.399 e. The monoisotopic (exact) mass is 336 g/mol. The Hall–Kier alpha value is -1.72. The molecule has 3 rings (SSSR count). The van der Waals surface area contributed by atoms with E-state index in [1.54, 1.807) is 0 Å². The maximum Gasteiger partial charge on any atom is 0.205 e. The van der Waals surface area contributed by atoms with Crippen molar-refractivity contribution >= 4 is 55.9 Å². The van der Waals surface area contributed by atoms with Crippen molar-refractivity contribution in [2.24, 2.45) is 0 Å². The minimum Gasteiger partial charge on any atom is -0.399 e. The summed E-state index contributed by atoms with van der Waals surface area (Å²) in [6.07, 6.45) is 0. The first-order valence-electron chi connectivity index (χ1n) is 5.59. The van der Waals surface area contributed by atoms with E-state index in [1.165, 1.54) is 0 Å². The number of hydrogen-bond donors (Lipinski definition) is 3. The number of nitrogens with one attached hydrogen (secondary N) is 2. The van der Waals surface area contributed by atoms with Gasteiger partial charge in [0.1, 0.15) is 0 Å². The number of aromatic amines is 1. The van der Waals surface area contributed by atoms with Gasteiger partial charge in [0.15, 0.2) is 0 Å². The van der Waals surface area contributed by atoms with Crippen molar-refractivity contribution < 1.29 is 0 Å². The van der Waals surface area contributed by atoms with E-state index in [-0.39, 0.29) is 0 Å². The Labute approximate surface area is 123 Å². The third kappa shape index (κ3) is 2.52. The topological polar surface area (TPSA) is 66.7 Å². The molecule has 96 valence electrons. The van der Waals surface area contributed by atoms with E-state index in [2.05, 4.69) is 31.2 Å². The summed E-state index contributed by atoms with van der Waals surface area (Å²) in [7, 11) is 0. The van der Waals surface area contributed by atoms with Gasteiger partial charge in [-0.1, -0.05) is 11.6 Å². The molecule has 0 amide bonds. The first-order chi connectivity index (χ1) is 9.11. The molecule has 4 nitrogen and oxygen atoms in total. The number of anilines is 3. The lowest BCUT2D eigenvalue weighted by molar-refractivity contribution is 1.31. The SMILES string of the molecule is Nc1ccc2nc(Nc3cc(Cl)ccc3Br)[nH]c2c1. The lowest BCUT2D eigenvalue weighted by atomic mass is 10.3. The predicted octanol–water partition coefficient (Wildman–Crippen LogP) is 4.30. The van der Waals surface area contributed by atoms with Crippen LogP contribution in [0.15, 0.2) is 40.9 Å². The molecule has 4 N–H and O–H groups in total. The molecule has 0 saturated heterocycles. The molecular formula is C13H10BrClN4. The van der Waals surface area contributed by atoms with E-state index in [0.717, 1.165) is 21.2 Å². The number of nitrogens with two attached hydrogens (primary N) is 1. The third-order valence-electron chi connectivity index (χ3n) is 2.69. The zero-order valence-electron chi connectivity index (χ0n) is 9.74. The highest BCUT2D eigenvalue weighted by molar-refractivity contribution is 9.10. The van der Waals surface area contributed by atoms with Crippen LogP contribution in [0.3, 0.4) is 0 Å². The molecule has 2 aromatic carbocycles. The third-order valence-corrected chi connectivity index (χ3v) is 3.61. The van der Waals surface area contributed by atoms with Crippen LogP contribution in [-0.4, -0.2) is 9.97 Å². The van der Waals surface area contributed by atoms with E-state index in [9.17, 15) is 0 Å². The first kappa shape index (κ1) is 12.3. The number of nitrogens with zero attached hydrogens (tertiary/aromatic N) is 1. The molecule has 0 aliphatic heterocycles. The lowest BCUT2D eigenvalue weighted by Crippen LogP contribution is -1.93. The van der Waals surface area contributed by atoms with Gasteiger partial charge in [-0.2, -0.15) is 0 Å². The number of fused-ring (bicyclic) bond motifs is 1. The van der Waals surface area contributed by atoms with Gasteiger partial charge in [-0.3, -0.25) is 0 Å². The number of nitrogen functional groups attached to an aromatic ring is 1. The Kier molecular flexibility index (Phi) is 3.08. The van der Waals surface area contributed by atoms with E-state index in [4.69, 9.17) is 17.3 Å². The van der Waals surface area contributed by atoms with Crippen LogP contribution in [0.5, 0.6) is 0 Å². The zero-order valence-corrected chi connectivity index (χ0v) is 12.1. The Morgan fingerprint density at radius 2 is 2.05 bits per heavy atom. The second kappa shape index (κ2) is 4.75. The summed E-state index contributed by atoms with van der Waals surface area (Å²) in [4.78, 5) is 7.60. The maximum absolute atomic E-state index is 5.97. The first-order valence-corrected chi connectivity index (χ1v) is 6.76. The minimum absolute atomic E-state index is 0.642. The van der Waals surface area contributed by atoms with Gasteiger partial charge >= 0.3 is 0 Å². The number of benzene rings is 2. The van der Waals surface area contributed by atoms with Gasteiger partial charge in [0.05, 0.1) is 16.7 Å². The van der Waals surface area contributed by atoms with Crippen LogP contribution in [0.1, 0.15) is 0 Å². The summed E-state index contributed by atoms with van der Waals surface area (Å²) in [5, 5.41) is 3.84. The Morgan fingerprint density at radius 1 is 1.21 bits per heavy atom. The molecule has 0 aliphatic carbocycles. The molecule has 1 aromatic heterocycles. The fourth-order valence-electron chi connectivity index (χ4n) is 1.81. The average Bonchev–Trinajstić information content (AvgIpc) is 2.75. The summed E-state index contributed by atoms with van der Waals surface area (Å²) in [6.45, 7) is 0. The predicted molar refractivity (Wildman–Crippen MR) is 82.9 cm³/mol. The molecule has 0 bridgehead atoms. The summed E-state index contributed by atoms with van der Waals surface area (Å²) >= 11 is 9.44. The second-order valence-corrected chi connectivity index (χ2v) is 5.40. The number of aromatic nitrogens is 2. The minimum atomic E-state index is 0.642. The van der Waals surface area contributed by atoms with E-state index >= 15 is 0 Å². The fourth-order valence-corrected chi connectivity index (χ4v) is 2.33. The van der Waals surface area contributed by atoms with Crippen molar-refractivity contribution in [2.45, 2.75) is 0 Å². The normalized spacial score (nSPS) is 10.8. The van der Waals surface area contributed by atoms with Crippen LogP contribution in [-0.2, 0) is 0 Å². The van der Waals surface area contributed by atoms with Gasteiger partial charge in [-0.15, -0.1) is 0 Å². The Bertz CT molecular complexity index is 753. The summed E-state index contributed by atoms with van der Waals surface area (Å²) < 4.78 is 0.914. The molecule has 1 heterocycles. The van der Waals surface area contributed by atoms with E-state index < -0.39 is 0 Å². The van der Waals surface area contributed by atoms with Crippen molar-refractivity contribution in [3.05, 3.63) is 45.9 Å². The smallest absolute Gasteiger partial charge is 0.205 e. The van der Waals surface area contributed by atoms with Crippen LogP contribution in [0.2, 0.25) is 5.02 Å². The highest BCUT2D eigenvalue weighted by atomic mass is 79.9. The summed E-state index contributed by atoms with van der Waals surface area (Å²) in [5.74, 6) is 0.642. The average molecular weight is 338 g/mol. The molecule has 3 aromatic rings. The van der Waals surface area contributed by atoms with Crippen LogP contribution >= 0.6 is 27.5 Å². The molecule has 0 aliphatic rings. The Balaban J connectivity index is 1.98. The zero-order chi connectivity index (χ0) is 13.4. The van der Waals surface area contributed by atoms with Crippen molar-refractivity contribution in [1.82, 2.24) is 9.97 Å².